The van der Waals surface area contributed by atoms with Gasteiger partial charge in [-0.25, -0.2) is 0 Å². The minimum atomic E-state index is -2.09. The first kappa shape index (κ1) is 9.56. The highest BCUT2D eigenvalue weighted by Gasteiger charge is 2.29. The predicted molar refractivity (Wildman–Crippen MR) is 37.2 cm³/mol. The molecule has 0 bridgehead atoms. The summed E-state index contributed by atoms with van der Waals surface area (Å²) in [6, 6.07) is 0. The van der Waals surface area contributed by atoms with Crippen LogP contribution in [0.15, 0.2) is 0 Å². The summed E-state index contributed by atoms with van der Waals surface area (Å²) in [6.07, 6.45) is -9.07. The molecule has 4 atom stereocenters. The fraction of sp³-hybridized carbons (Fsp3) is 0.833. The summed E-state index contributed by atoms with van der Waals surface area (Å²) in [5.74, 6) is 0. The van der Waals surface area contributed by atoms with E-state index in [-0.39, 0.29) is 0 Å². The number of rotatable bonds is 5. The molecule has 0 spiro atoms. The van der Waals surface area contributed by atoms with Gasteiger partial charge in [0, 0.05) is 0 Å². The van der Waals surface area contributed by atoms with E-state index in [4.69, 9.17) is 26.9 Å². The molecule has 72 valence electrons. The Balaban J connectivity index is 4.24. The SMILES string of the molecule is [2H]C(=O)[C@H](O)[C@H](O)[C@@H](O)[C@@H](O)CO. The second kappa shape index (κ2) is 5.18. The van der Waals surface area contributed by atoms with Crippen LogP contribution in [0.1, 0.15) is 1.37 Å². The minimum absolute atomic E-state index is 0.822. The fourth-order valence-electron chi connectivity index (χ4n) is 0.592. The van der Waals surface area contributed by atoms with Crippen LogP contribution >= 0.6 is 0 Å². The Morgan fingerprint density at radius 1 is 1.25 bits per heavy atom. The molecule has 0 unspecified atom stereocenters. The van der Waals surface area contributed by atoms with Crippen molar-refractivity contribution in [3.8, 4) is 0 Å². The molecule has 0 amide bonds. The van der Waals surface area contributed by atoms with Crippen molar-refractivity contribution < 1.29 is 31.7 Å². The van der Waals surface area contributed by atoms with Crippen molar-refractivity contribution in [2.45, 2.75) is 24.4 Å². The lowest BCUT2D eigenvalue weighted by Crippen LogP contribution is -2.46. The smallest absolute Gasteiger partial charge is 0.151 e. The number of carbonyl (C=O) groups excluding carboxylic acids is 1. The Labute approximate surface area is 70.1 Å². The molecule has 0 aromatic carbocycles. The summed E-state index contributed by atoms with van der Waals surface area (Å²) in [4.78, 5) is 10.2. The van der Waals surface area contributed by atoms with Gasteiger partial charge in [-0.2, -0.15) is 0 Å². The van der Waals surface area contributed by atoms with Gasteiger partial charge in [0.2, 0.25) is 0 Å². The summed E-state index contributed by atoms with van der Waals surface area (Å²) in [5, 5.41) is 43.8. The van der Waals surface area contributed by atoms with Crippen molar-refractivity contribution >= 4 is 6.26 Å². The lowest BCUT2D eigenvalue weighted by Gasteiger charge is -2.22. The average molecular weight is 181 g/mol. The lowest BCUT2D eigenvalue weighted by atomic mass is 10.0. The second-order valence-corrected chi connectivity index (χ2v) is 2.29. The highest BCUT2D eigenvalue weighted by Crippen LogP contribution is 2.02. The van der Waals surface area contributed by atoms with Crippen LogP contribution in [0.25, 0.3) is 0 Å². The molecule has 0 aliphatic heterocycles. The minimum Gasteiger partial charge on any atom is -0.394 e. The maximum atomic E-state index is 10.2. The predicted octanol–water partition coefficient (Wildman–Crippen LogP) is -3.38. The van der Waals surface area contributed by atoms with E-state index >= 15 is 0 Å². The number of carbonyl (C=O) groups is 1. The lowest BCUT2D eigenvalue weighted by molar-refractivity contribution is -0.136. The Morgan fingerprint density at radius 3 is 2.08 bits per heavy atom. The van der Waals surface area contributed by atoms with Crippen molar-refractivity contribution in [1.82, 2.24) is 0 Å². The van der Waals surface area contributed by atoms with E-state index < -0.39 is 37.3 Å². The van der Waals surface area contributed by atoms with Crippen LogP contribution in [-0.4, -0.2) is 62.8 Å². The van der Waals surface area contributed by atoms with Gasteiger partial charge in [0.15, 0.2) is 6.26 Å². The fourth-order valence-corrected chi connectivity index (χ4v) is 0.592. The van der Waals surface area contributed by atoms with E-state index in [1.54, 1.807) is 0 Å². The van der Waals surface area contributed by atoms with Gasteiger partial charge in [-0.1, -0.05) is 0 Å². The molecule has 12 heavy (non-hydrogen) atoms. The molecule has 6 nitrogen and oxygen atoms in total. The number of aldehydes is 1. The van der Waals surface area contributed by atoms with E-state index in [0.717, 1.165) is 0 Å². The Bertz CT molecular complexity index is 175. The van der Waals surface area contributed by atoms with Crippen LogP contribution in [0.2, 0.25) is 0 Å². The van der Waals surface area contributed by atoms with Gasteiger partial charge < -0.3 is 30.3 Å². The van der Waals surface area contributed by atoms with E-state index in [2.05, 4.69) is 0 Å². The summed E-state index contributed by atoms with van der Waals surface area (Å²) in [7, 11) is 0. The third-order valence-corrected chi connectivity index (χ3v) is 1.38. The molecule has 0 aliphatic rings. The number of hydrogen-bond donors (Lipinski definition) is 5. The normalized spacial score (nSPS) is 22.2. The quantitative estimate of drug-likeness (QED) is 0.282. The molecule has 6 heteroatoms. The Kier molecular flexibility index (Phi) is 4.12. The summed E-state index contributed by atoms with van der Waals surface area (Å²) in [5.41, 5.74) is 0. The van der Waals surface area contributed by atoms with Gasteiger partial charge in [-0.15, -0.1) is 0 Å². The van der Waals surface area contributed by atoms with Gasteiger partial charge in [0.05, 0.1) is 6.61 Å². The molecule has 0 fully saturated rings. The zero-order chi connectivity index (χ0) is 10.6. The van der Waals surface area contributed by atoms with Crippen LogP contribution < -0.4 is 0 Å². The number of hydrogen-bond acceptors (Lipinski definition) is 6. The number of aliphatic hydroxyl groups excluding tert-OH is 5. The first-order valence-corrected chi connectivity index (χ1v) is 3.25. The molecule has 0 aromatic heterocycles. The van der Waals surface area contributed by atoms with Crippen molar-refractivity contribution in [1.29, 1.82) is 0 Å². The Morgan fingerprint density at radius 2 is 1.75 bits per heavy atom. The van der Waals surface area contributed by atoms with E-state index in [9.17, 15) is 4.79 Å². The van der Waals surface area contributed by atoms with Gasteiger partial charge >= 0.3 is 0 Å². The largest absolute Gasteiger partial charge is 0.394 e. The third-order valence-electron chi connectivity index (χ3n) is 1.38. The molecular formula is C6H12O6. The van der Waals surface area contributed by atoms with Crippen molar-refractivity contribution in [2.75, 3.05) is 6.61 Å². The molecule has 0 heterocycles. The number of aliphatic hydroxyl groups is 5. The van der Waals surface area contributed by atoms with Crippen molar-refractivity contribution in [2.24, 2.45) is 0 Å². The van der Waals surface area contributed by atoms with Crippen molar-refractivity contribution in [3.63, 3.8) is 0 Å². The monoisotopic (exact) mass is 181 g/mol. The van der Waals surface area contributed by atoms with Crippen LogP contribution in [0.4, 0.5) is 0 Å². The Hall–Kier alpha value is -0.530. The maximum absolute atomic E-state index is 10.2. The van der Waals surface area contributed by atoms with Crippen LogP contribution in [0, 0.1) is 0 Å². The van der Waals surface area contributed by atoms with E-state index in [1.807, 2.05) is 0 Å². The zero-order valence-electron chi connectivity index (χ0n) is 7.16. The van der Waals surface area contributed by atoms with E-state index in [0.29, 0.717) is 0 Å². The summed E-state index contributed by atoms with van der Waals surface area (Å²) in [6.45, 7) is -0.822. The zero-order valence-corrected chi connectivity index (χ0v) is 6.16. The molecule has 0 aliphatic carbocycles. The maximum Gasteiger partial charge on any atom is 0.151 e. The average Bonchev–Trinajstić information content (AvgIpc) is 2.12. The van der Waals surface area contributed by atoms with Crippen LogP contribution in [-0.2, 0) is 4.79 Å². The molecule has 0 saturated heterocycles. The molecule has 0 aromatic rings. The molecular weight excluding hydrogens is 168 g/mol. The van der Waals surface area contributed by atoms with Gasteiger partial charge in [0.1, 0.15) is 25.8 Å². The van der Waals surface area contributed by atoms with Crippen LogP contribution in [0.3, 0.4) is 0 Å². The van der Waals surface area contributed by atoms with Gasteiger partial charge in [-0.3, -0.25) is 0 Å². The molecule has 5 N–H and O–H groups in total. The highest BCUT2D eigenvalue weighted by molar-refractivity contribution is 5.56. The molecule has 0 rings (SSSR count). The highest BCUT2D eigenvalue weighted by atomic mass is 16.4. The van der Waals surface area contributed by atoms with Gasteiger partial charge in [0.25, 0.3) is 0 Å². The van der Waals surface area contributed by atoms with Crippen molar-refractivity contribution in [3.05, 3.63) is 0 Å². The third kappa shape index (κ3) is 2.84. The molecule has 0 radical (unpaired) electrons. The first-order chi connectivity index (χ1) is 5.91. The van der Waals surface area contributed by atoms with E-state index in [1.165, 1.54) is 0 Å². The topological polar surface area (TPSA) is 118 Å². The van der Waals surface area contributed by atoms with Gasteiger partial charge in [-0.05, 0) is 0 Å². The summed E-state index contributed by atoms with van der Waals surface area (Å²) >= 11 is 0. The summed E-state index contributed by atoms with van der Waals surface area (Å²) < 4.78 is 6.40. The first-order valence-electron chi connectivity index (χ1n) is 3.75. The molecule has 0 saturated carbocycles. The second-order valence-electron chi connectivity index (χ2n) is 2.29. The standard InChI is InChI=1S/C6H12O6/c7-1-3(9)5(11)6(12)4(10)2-8/h1,3-6,8-12H,2H2/t3-,4-,5-,6-/m0/s1/i1D. The van der Waals surface area contributed by atoms with Crippen LogP contribution in [0.5, 0.6) is 0 Å².